The third-order valence-corrected chi connectivity index (χ3v) is 4.61. The Morgan fingerprint density at radius 1 is 1.15 bits per heavy atom. The molecule has 1 unspecified atom stereocenters. The second-order valence-electron chi connectivity index (χ2n) is 6.08. The lowest BCUT2D eigenvalue weighted by molar-refractivity contribution is 0.340. The largest absolute Gasteiger partial charge is 0.509 e. The number of aliphatic hydroxyl groups excluding tert-OH is 1. The van der Waals surface area contributed by atoms with Gasteiger partial charge in [-0.15, -0.1) is 0 Å². The summed E-state index contributed by atoms with van der Waals surface area (Å²) in [6, 6.07) is 12.9. The molecule has 1 aliphatic rings. The molecule has 0 saturated heterocycles. The first-order chi connectivity index (χ1) is 13.0. The number of fused-ring (bicyclic) bond motifs is 2. The van der Waals surface area contributed by atoms with Crippen LogP contribution in [0.2, 0.25) is 5.02 Å². The molecule has 3 N–H and O–H groups in total. The molecule has 1 atom stereocenters. The van der Waals surface area contributed by atoms with E-state index < -0.39 is 6.04 Å². The van der Waals surface area contributed by atoms with E-state index in [0.717, 1.165) is 0 Å². The second-order valence-corrected chi connectivity index (χ2v) is 6.52. The van der Waals surface area contributed by atoms with Crippen molar-refractivity contribution >= 4 is 34.0 Å². The summed E-state index contributed by atoms with van der Waals surface area (Å²) in [7, 11) is 1.70. The molecule has 8 heteroatoms. The first-order valence-electron chi connectivity index (χ1n) is 8.08. The number of anilines is 1. The quantitative estimate of drug-likeness (QED) is 0.594. The summed E-state index contributed by atoms with van der Waals surface area (Å²) in [6.07, 6.45) is 0. The first kappa shape index (κ1) is 17.1. The minimum atomic E-state index is -0.839. The monoisotopic (exact) mass is 379 g/mol. The molecule has 0 spiro atoms. The van der Waals surface area contributed by atoms with Gasteiger partial charge in [0.1, 0.15) is 34.9 Å². The molecule has 1 aliphatic heterocycles. The maximum absolute atomic E-state index is 10.8. The van der Waals surface area contributed by atoms with E-state index in [1.54, 1.807) is 48.5 Å². The molecule has 0 radical (unpaired) electrons. The fourth-order valence-corrected chi connectivity index (χ4v) is 3.23. The third kappa shape index (κ3) is 2.81. The van der Waals surface area contributed by atoms with Crippen LogP contribution in [0.15, 0.2) is 48.2 Å². The van der Waals surface area contributed by atoms with Crippen LogP contribution in [0, 0.1) is 11.3 Å². The Hall–Kier alpha value is -3.34. The lowest BCUT2D eigenvalue weighted by Crippen LogP contribution is -2.38. The number of allylic oxidation sites excluding steroid dienone is 1. The Morgan fingerprint density at radius 3 is 2.67 bits per heavy atom. The molecule has 4 rings (SSSR count). The number of aromatic nitrogens is 2. The van der Waals surface area contributed by atoms with Crippen molar-refractivity contribution in [3.63, 3.8) is 0 Å². The molecule has 7 nitrogen and oxygen atoms in total. The summed E-state index contributed by atoms with van der Waals surface area (Å²) in [5, 5.41) is 32.8. The zero-order chi connectivity index (χ0) is 19.1. The summed E-state index contributed by atoms with van der Waals surface area (Å²) >= 11 is 6.04. The molecule has 3 aromatic rings. The number of para-hydroxylation sites is 1. The van der Waals surface area contributed by atoms with Crippen LogP contribution < -0.4 is 10.4 Å². The van der Waals surface area contributed by atoms with Crippen LogP contribution in [0.5, 0.6) is 5.75 Å². The average molecular weight is 380 g/mol. The molecular formula is C19H14ClN5O2. The van der Waals surface area contributed by atoms with Crippen molar-refractivity contribution in [3.05, 3.63) is 64.5 Å². The van der Waals surface area contributed by atoms with Gasteiger partial charge < -0.3 is 10.2 Å². The molecule has 27 heavy (non-hydrogen) atoms. The number of nitriles is 1. The van der Waals surface area contributed by atoms with Crippen LogP contribution in [0.1, 0.15) is 17.3 Å². The summed E-state index contributed by atoms with van der Waals surface area (Å²) in [4.78, 5) is 9.07. The summed E-state index contributed by atoms with van der Waals surface area (Å²) in [6.45, 7) is 0. The Balaban J connectivity index is 1.97. The zero-order valence-corrected chi connectivity index (χ0v) is 14.9. The highest BCUT2D eigenvalue weighted by Gasteiger charge is 2.32. The van der Waals surface area contributed by atoms with Gasteiger partial charge in [0.2, 0.25) is 0 Å². The number of phenols is 1. The van der Waals surface area contributed by atoms with E-state index >= 15 is 0 Å². The molecule has 2 heterocycles. The zero-order valence-electron chi connectivity index (χ0n) is 14.2. The Labute approximate surface area is 159 Å². The molecule has 134 valence electrons. The van der Waals surface area contributed by atoms with E-state index in [1.165, 1.54) is 6.07 Å². The highest BCUT2D eigenvalue weighted by atomic mass is 35.5. The SMILES string of the molecule is CN1NC(c2ccccc2O)C(O)=C(C#N)c2nc3cc(Cl)ccc3nc21. The van der Waals surface area contributed by atoms with Crippen molar-refractivity contribution in [2.45, 2.75) is 6.04 Å². The van der Waals surface area contributed by atoms with Crippen LogP contribution >= 0.6 is 11.6 Å². The maximum Gasteiger partial charge on any atom is 0.170 e. The van der Waals surface area contributed by atoms with E-state index in [-0.39, 0.29) is 22.8 Å². The molecule has 0 fully saturated rings. The Morgan fingerprint density at radius 2 is 1.93 bits per heavy atom. The highest BCUT2D eigenvalue weighted by molar-refractivity contribution is 6.31. The number of phenolic OH excluding ortho intramolecular Hbond substituents is 1. The number of halogens is 1. The normalized spacial score (nSPS) is 16.8. The van der Waals surface area contributed by atoms with Crippen LogP contribution in [0.25, 0.3) is 16.6 Å². The van der Waals surface area contributed by atoms with Gasteiger partial charge in [0.15, 0.2) is 5.82 Å². The number of aromatic hydroxyl groups is 1. The second kappa shape index (κ2) is 6.43. The fourth-order valence-electron chi connectivity index (χ4n) is 3.06. The number of hydrogen-bond donors (Lipinski definition) is 3. The molecule has 2 aromatic carbocycles. The van der Waals surface area contributed by atoms with Crippen LogP contribution in [-0.2, 0) is 0 Å². The van der Waals surface area contributed by atoms with Gasteiger partial charge >= 0.3 is 0 Å². The predicted octanol–water partition coefficient (Wildman–Crippen LogP) is 3.48. The lowest BCUT2D eigenvalue weighted by atomic mass is 10.0. The van der Waals surface area contributed by atoms with Gasteiger partial charge in [0.25, 0.3) is 0 Å². The maximum atomic E-state index is 10.8. The lowest BCUT2D eigenvalue weighted by Gasteiger charge is -2.25. The van der Waals surface area contributed by atoms with Crippen molar-refractivity contribution in [2.24, 2.45) is 0 Å². The van der Waals surface area contributed by atoms with Gasteiger partial charge in [-0.05, 0) is 24.3 Å². The first-order valence-corrected chi connectivity index (χ1v) is 8.46. The molecule has 0 bridgehead atoms. The Bertz CT molecular complexity index is 1140. The molecule has 1 aromatic heterocycles. The van der Waals surface area contributed by atoms with Gasteiger partial charge in [-0.25, -0.2) is 15.4 Å². The van der Waals surface area contributed by atoms with Crippen LogP contribution in [0.3, 0.4) is 0 Å². The van der Waals surface area contributed by atoms with Crippen molar-refractivity contribution < 1.29 is 10.2 Å². The number of hydrogen-bond acceptors (Lipinski definition) is 7. The number of nitrogens with zero attached hydrogens (tertiary/aromatic N) is 4. The van der Waals surface area contributed by atoms with E-state index in [0.29, 0.717) is 27.4 Å². The van der Waals surface area contributed by atoms with E-state index in [2.05, 4.69) is 15.4 Å². The van der Waals surface area contributed by atoms with Gasteiger partial charge in [-0.3, -0.25) is 5.01 Å². The number of nitrogens with one attached hydrogen (secondary N) is 1. The van der Waals surface area contributed by atoms with Crippen molar-refractivity contribution in [1.82, 2.24) is 15.4 Å². The van der Waals surface area contributed by atoms with E-state index in [1.807, 2.05) is 6.07 Å². The number of aliphatic hydroxyl groups is 1. The van der Waals surface area contributed by atoms with Crippen molar-refractivity contribution in [2.75, 3.05) is 12.1 Å². The predicted molar refractivity (Wildman–Crippen MR) is 102 cm³/mol. The molecular weight excluding hydrogens is 366 g/mol. The van der Waals surface area contributed by atoms with Gasteiger partial charge in [-0.2, -0.15) is 5.26 Å². The highest BCUT2D eigenvalue weighted by Crippen LogP contribution is 2.37. The van der Waals surface area contributed by atoms with E-state index in [4.69, 9.17) is 11.6 Å². The number of benzene rings is 2. The minimum Gasteiger partial charge on any atom is -0.509 e. The minimum absolute atomic E-state index is 0.00365. The number of rotatable bonds is 1. The van der Waals surface area contributed by atoms with Gasteiger partial charge in [0.05, 0.1) is 11.0 Å². The average Bonchev–Trinajstić information content (AvgIpc) is 2.75. The van der Waals surface area contributed by atoms with Crippen LogP contribution in [-0.4, -0.2) is 27.2 Å². The van der Waals surface area contributed by atoms with Crippen molar-refractivity contribution in [1.29, 1.82) is 5.26 Å². The fraction of sp³-hybridized carbons (Fsp3) is 0.105. The van der Waals surface area contributed by atoms with Gasteiger partial charge in [-0.1, -0.05) is 29.8 Å². The smallest absolute Gasteiger partial charge is 0.170 e. The van der Waals surface area contributed by atoms with Gasteiger partial charge in [0, 0.05) is 17.6 Å². The third-order valence-electron chi connectivity index (χ3n) is 4.37. The molecule has 0 amide bonds. The topological polar surface area (TPSA) is 105 Å². The molecule has 0 saturated carbocycles. The van der Waals surface area contributed by atoms with Crippen LogP contribution in [0.4, 0.5) is 5.82 Å². The van der Waals surface area contributed by atoms with Crippen molar-refractivity contribution in [3.8, 4) is 11.8 Å². The summed E-state index contributed by atoms with van der Waals surface area (Å²) in [5.74, 6) is 0.127. The van der Waals surface area contributed by atoms with E-state index in [9.17, 15) is 15.5 Å². The Kier molecular flexibility index (Phi) is 4.07. The summed E-state index contributed by atoms with van der Waals surface area (Å²) < 4.78 is 0. The number of hydrazine groups is 1. The molecule has 0 aliphatic carbocycles. The summed E-state index contributed by atoms with van der Waals surface area (Å²) in [5.41, 5.74) is 4.82. The standard InChI is InChI=1S/C19H14ClN5O2/c1-25-19-17(22-14-8-10(20)6-7-13(14)23-19)12(9-21)18(27)16(24-25)11-4-2-3-5-15(11)26/h2-8,16,24,26-27H,1H3.